The van der Waals surface area contributed by atoms with E-state index in [1.54, 1.807) is 0 Å². The van der Waals surface area contributed by atoms with E-state index in [0.29, 0.717) is 12.0 Å². The average molecular weight is 289 g/mol. The number of carbonyl (C=O) groups excluding carboxylic acids is 1. The van der Waals surface area contributed by atoms with E-state index < -0.39 is 0 Å². The summed E-state index contributed by atoms with van der Waals surface area (Å²) in [6.45, 7) is 6.14. The molecule has 0 unspecified atom stereocenters. The second kappa shape index (κ2) is 6.65. The number of nitrogens with one attached hydrogen (secondary N) is 1. The summed E-state index contributed by atoms with van der Waals surface area (Å²) in [5.74, 6) is 0.887. The van der Waals surface area contributed by atoms with Gasteiger partial charge in [0.1, 0.15) is 5.69 Å². The smallest absolute Gasteiger partial charge is 0.270 e. The van der Waals surface area contributed by atoms with Gasteiger partial charge in [-0.3, -0.25) is 4.79 Å². The molecule has 21 heavy (non-hydrogen) atoms. The van der Waals surface area contributed by atoms with E-state index in [1.807, 2.05) is 12.1 Å². The zero-order valence-electron chi connectivity index (χ0n) is 13.1. The lowest BCUT2D eigenvalue weighted by molar-refractivity contribution is 0.0705. The van der Waals surface area contributed by atoms with E-state index in [0.717, 1.165) is 38.3 Å². The molecule has 4 heteroatoms. The summed E-state index contributed by atoms with van der Waals surface area (Å²) in [6.07, 6.45) is 7.92. The van der Waals surface area contributed by atoms with Gasteiger partial charge in [0.15, 0.2) is 0 Å². The molecule has 0 aromatic carbocycles. The van der Waals surface area contributed by atoms with E-state index >= 15 is 0 Å². The summed E-state index contributed by atoms with van der Waals surface area (Å²) >= 11 is 0. The number of hydrogen-bond acceptors (Lipinski definition) is 2. The Bertz CT molecular complexity index is 472. The Hall–Kier alpha value is -1.29. The van der Waals surface area contributed by atoms with Gasteiger partial charge in [-0.25, -0.2) is 0 Å². The van der Waals surface area contributed by atoms with Crippen molar-refractivity contribution in [2.45, 2.75) is 45.1 Å². The number of nitrogens with zero attached hydrogens (tertiary/aromatic N) is 2. The van der Waals surface area contributed by atoms with Crippen LogP contribution in [0.1, 0.15) is 55.6 Å². The Balaban J connectivity index is 1.69. The van der Waals surface area contributed by atoms with Gasteiger partial charge >= 0.3 is 0 Å². The summed E-state index contributed by atoms with van der Waals surface area (Å²) in [7, 11) is 0. The molecule has 1 aliphatic carbocycles. The molecule has 1 saturated carbocycles. The number of piperidine rings is 1. The molecule has 1 saturated heterocycles. The van der Waals surface area contributed by atoms with Crippen molar-refractivity contribution < 1.29 is 4.79 Å². The molecule has 4 nitrogen and oxygen atoms in total. The lowest BCUT2D eigenvalue weighted by atomic mass is 9.97. The van der Waals surface area contributed by atoms with Crippen LogP contribution in [0.4, 0.5) is 0 Å². The molecule has 2 fully saturated rings. The highest BCUT2D eigenvalue weighted by atomic mass is 16.2. The van der Waals surface area contributed by atoms with Crippen molar-refractivity contribution >= 4 is 5.91 Å². The number of carbonyl (C=O) groups is 1. The van der Waals surface area contributed by atoms with Crippen LogP contribution in [0.3, 0.4) is 0 Å². The van der Waals surface area contributed by atoms with Gasteiger partial charge < -0.3 is 14.8 Å². The van der Waals surface area contributed by atoms with Crippen molar-refractivity contribution in [2.75, 3.05) is 26.2 Å². The summed E-state index contributed by atoms with van der Waals surface area (Å²) in [6, 6.07) is 4.58. The first kappa shape index (κ1) is 14.6. The molecule has 1 N–H and O–H groups in total. The molecule has 2 heterocycles. The number of rotatable bonds is 6. The van der Waals surface area contributed by atoms with Crippen molar-refractivity contribution in [1.29, 1.82) is 0 Å². The van der Waals surface area contributed by atoms with Crippen molar-refractivity contribution in [2.24, 2.45) is 5.92 Å². The van der Waals surface area contributed by atoms with Gasteiger partial charge in [0.05, 0.1) is 0 Å². The molecular formula is C17H27N3O. The normalized spacial score (nSPS) is 19.7. The van der Waals surface area contributed by atoms with Gasteiger partial charge in [0.2, 0.25) is 0 Å². The third kappa shape index (κ3) is 3.49. The van der Waals surface area contributed by atoms with E-state index in [2.05, 4.69) is 27.9 Å². The summed E-state index contributed by atoms with van der Waals surface area (Å²) in [5.41, 5.74) is 0.889. The minimum absolute atomic E-state index is 0.229. The van der Waals surface area contributed by atoms with Crippen LogP contribution in [0.25, 0.3) is 0 Å². The Kier molecular flexibility index (Phi) is 4.63. The molecule has 1 aromatic rings. The van der Waals surface area contributed by atoms with Gasteiger partial charge in [0.25, 0.3) is 5.91 Å². The number of amides is 1. The standard InChI is InChI=1S/C17H27N3O/c1-2-11-19(13-14-7-9-18-10-8-14)17(21)16-4-3-12-20(16)15-5-6-15/h3-4,12,14-15,18H,2,5-11,13H2,1H3. The van der Waals surface area contributed by atoms with E-state index in [1.165, 1.54) is 25.7 Å². The molecule has 1 aliphatic heterocycles. The van der Waals surface area contributed by atoms with Gasteiger partial charge in [0, 0.05) is 25.3 Å². The Morgan fingerprint density at radius 2 is 2.10 bits per heavy atom. The fraction of sp³-hybridized carbons (Fsp3) is 0.706. The lowest BCUT2D eigenvalue weighted by Crippen LogP contribution is -2.40. The fourth-order valence-corrected chi connectivity index (χ4v) is 3.33. The van der Waals surface area contributed by atoms with Crippen molar-refractivity contribution in [3.63, 3.8) is 0 Å². The van der Waals surface area contributed by atoms with Gasteiger partial charge in [-0.15, -0.1) is 0 Å². The van der Waals surface area contributed by atoms with Crippen LogP contribution in [0, 0.1) is 5.92 Å². The molecule has 3 rings (SSSR count). The second-order valence-electron chi connectivity index (χ2n) is 6.48. The zero-order chi connectivity index (χ0) is 14.7. The van der Waals surface area contributed by atoms with Crippen molar-refractivity contribution in [3.8, 4) is 0 Å². The van der Waals surface area contributed by atoms with Gasteiger partial charge in [-0.1, -0.05) is 6.92 Å². The van der Waals surface area contributed by atoms with Crippen LogP contribution in [-0.4, -0.2) is 41.6 Å². The average Bonchev–Trinajstić information content (AvgIpc) is 3.24. The fourth-order valence-electron chi connectivity index (χ4n) is 3.33. The Morgan fingerprint density at radius 3 is 2.76 bits per heavy atom. The minimum atomic E-state index is 0.229. The number of aromatic nitrogens is 1. The van der Waals surface area contributed by atoms with Crippen LogP contribution in [0.2, 0.25) is 0 Å². The molecule has 2 aliphatic rings. The SMILES string of the molecule is CCCN(CC1CCNCC1)C(=O)c1cccn1C1CC1. The van der Waals surface area contributed by atoms with E-state index in [9.17, 15) is 4.79 Å². The maximum atomic E-state index is 12.9. The van der Waals surface area contributed by atoms with E-state index in [-0.39, 0.29) is 5.91 Å². The van der Waals surface area contributed by atoms with Crippen LogP contribution in [-0.2, 0) is 0 Å². The third-order valence-electron chi connectivity index (χ3n) is 4.66. The quantitative estimate of drug-likeness (QED) is 0.874. The van der Waals surface area contributed by atoms with Gasteiger partial charge in [-0.2, -0.15) is 0 Å². The monoisotopic (exact) mass is 289 g/mol. The molecule has 0 radical (unpaired) electrons. The third-order valence-corrected chi connectivity index (χ3v) is 4.66. The van der Waals surface area contributed by atoms with Crippen molar-refractivity contribution in [3.05, 3.63) is 24.0 Å². The lowest BCUT2D eigenvalue weighted by Gasteiger charge is -2.30. The summed E-state index contributed by atoms with van der Waals surface area (Å²) in [4.78, 5) is 15.0. The van der Waals surface area contributed by atoms with Crippen LogP contribution >= 0.6 is 0 Å². The molecule has 116 valence electrons. The first-order valence-corrected chi connectivity index (χ1v) is 8.46. The molecule has 1 aromatic heterocycles. The van der Waals surface area contributed by atoms with Crippen molar-refractivity contribution in [1.82, 2.24) is 14.8 Å². The molecule has 0 spiro atoms. The maximum Gasteiger partial charge on any atom is 0.270 e. The molecule has 1 amide bonds. The number of hydrogen-bond donors (Lipinski definition) is 1. The predicted molar refractivity (Wildman–Crippen MR) is 84.5 cm³/mol. The molecule has 0 bridgehead atoms. The highest BCUT2D eigenvalue weighted by Gasteiger charge is 2.29. The zero-order valence-corrected chi connectivity index (χ0v) is 13.1. The highest BCUT2D eigenvalue weighted by Crippen LogP contribution is 2.36. The van der Waals surface area contributed by atoms with Crippen LogP contribution in [0.15, 0.2) is 18.3 Å². The Morgan fingerprint density at radius 1 is 1.33 bits per heavy atom. The topological polar surface area (TPSA) is 37.3 Å². The first-order chi connectivity index (χ1) is 10.3. The van der Waals surface area contributed by atoms with E-state index in [4.69, 9.17) is 0 Å². The first-order valence-electron chi connectivity index (χ1n) is 8.46. The maximum absolute atomic E-state index is 12.9. The predicted octanol–water partition coefficient (Wildman–Crippen LogP) is 2.67. The van der Waals surface area contributed by atoms with Gasteiger partial charge in [-0.05, 0) is 63.2 Å². The Labute approximate surface area is 127 Å². The molecule has 0 atom stereocenters. The summed E-state index contributed by atoms with van der Waals surface area (Å²) in [5, 5.41) is 3.40. The molecular weight excluding hydrogens is 262 g/mol. The largest absolute Gasteiger partial charge is 0.340 e. The van der Waals surface area contributed by atoms with Crippen LogP contribution < -0.4 is 5.32 Å². The van der Waals surface area contributed by atoms with Crippen LogP contribution in [0.5, 0.6) is 0 Å². The minimum Gasteiger partial charge on any atom is -0.340 e. The highest BCUT2D eigenvalue weighted by molar-refractivity contribution is 5.92. The summed E-state index contributed by atoms with van der Waals surface area (Å²) < 4.78 is 2.19. The second-order valence-corrected chi connectivity index (χ2v) is 6.48.